The smallest absolute Gasteiger partial charge is 0.292 e. The molecule has 0 bridgehead atoms. The van der Waals surface area contributed by atoms with Crippen LogP contribution in [0.5, 0.6) is 0 Å². The molecule has 1 aromatic carbocycles. The predicted octanol–water partition coefficient (Wildman–Crippen LogP) is 0.742. The monoisotopic (exact) mass is 258 g/mol. The van der Waals surface area contributed by atoms with Gasteiger partial charge in [0, 0.05) is 19.2 Å². The summed E-state index contributed by atoms with van der Waals surface area (Å²) in [4.78, 5) is 15.6. The summed E-state index contributed by atoms with van der Waals surface area (Å²) < 4.78 is 5.20. The molecule has 1 aliphatic heterocycles. The quantitative estimate of drug-likeness (QED) is 0.830. The van der Waals surface area contributed by atoms with E-state index in [4.69, 9.17) is 4.52 Å². The SMILES string of the molecule is CNC(=O)c1noc(-c2cccc3c2CCNC3)n1. The Hall–Kier alpha value is -2.21. The van der Waals surface area contributed by atoms with Crippen molar-refractivity contribution in [3.05, 3.63) is 35.2 Å². The first-order chi connectivity index (χ1) is 9.29. The number of carbonyl (C=O) groups is 1. The van der Waals surface area contributed by atoms with Crippen molar-refractivity contribution in [2.75, 3.05) is 13.6 Å². The van der Waals surface area contributed by atoms with Crippen LogP contribution in [0, 0.1) is 0 Å². The molecule has 0 atom stereocenters. The fraction of sp³-hybridized carbons (Fsp3) is 0.308. The van der Waals surface area contributed by atoms with Crippen LogP contribution in [0.3, 0.4) is 0 Å². The molecule has 1 amide bonds. The summed E-state index contributed by atoms with van der Waals surface area (Å²) in [5.41, 5.74) is 3.37. The first-order valence-corrected chi connectivity index (χ1v) is 6.17. The zero-order chi connectivity index (χ0) is 13.2. The highest BCUT2D eigenvalue weighted by Gasteiger charge is 2.19. The zero-order valence-electron chi connectivity index (χ0n) is 10.6. The van der Waals surface area contributed by atoms with Gasteiger partial charge in [-0.15, -0.1) is 0 Å². The van der Waals surface area contributed by atoms with Gasteiger partial charge in [-0.05, 0) is 30.2 Å². The van der Waals surface area contributed by atoms with Crippen LogP contribution >= 0.6 is 0 Å². The van der Waals surface area contributed by atoms with Crippen LogP contribution in [0.4, 0.5) is 0 Å². The maximum absolute atomic E-state index is 11.4. The maximum Gasteiger partial charge on any atom is 0.292 e. The molecule has 0 aliphatic carbocycles. The molecule has 19 heavy (non-hydrogen) atoms. The van der Waals surface area contributed by atoms with Gasteiger partial charge in [0.2, 0.25) is 0 Å². The molecule has 2 heterocycles. The third-order valence-corrected chi connectivity index (χ3v) is 3.23. The molecule has 0 radical (unpaired) electrons. The lowest BCUT2D eigenvalue weighted by atomic mass is 9.95. The van der Waals surface area contributed by atoms with Crippen molar-refractivity contribution >= 4 is 5.91 Å². The van der Waals surface area contributed by atoms with E-state index in [9.17, 15) is 4.79 Å². The van der Waals surface area contributed by atoms with E-state index >= 15 is 0 Å². The Kier molecular flexibility index (Phi) is 3.00. The molecule has 6 nitrogen and oxygen atoms in total. The first kappa shape index (κ1) is 11.9. The van der Waals surface area contributed by atoms with Gasteiger partial charge < -0.3 is 15.2 Å². The van der Waals surface area contributed by atoms with E-state index in [1.54, 1.807) is 0 Å². The van der Waals surface area contributed by atoms with Crippen molar-refractivity contribution in [2.45, 2.75) is 13.0 Å². The van der Waals surface area contributed by atoms with Crippen LogP contribution in [0.1, 0.15) is 21.7 Å². The highest BCUT2D eigenvalue weighted by molar-refractivity contribution is 5.90. The molecule has 0 unspecified atom stereocenters. The molecule has 0 spiro atoms. The van der Waals surface area contributed by atoms with E-state index in [0.717, 1.165) is 25.1 Å². The Morgan fingerprint density at radius 3 is 3.21 bits per heavy atom. The molecule has 2 aromatic rings. The Bertz CT molecular complexity index is 621. The minimum atomic E-state index is -0.346. The molecule has 3 rings (SSSR count). The Morgan fingerprint density at radius 2 is 2.37 bits per heavy atom. The Labute approximate surface area is 110 Å². The van der Waals surface area contributed by atoms with Crippen LogP contribution < -0.4 is 10.6 Å². The number of aromatic nitrogens is 2. The van der Waals surface area contributed by atoms with Crippen molar-refractivity contribution in [1.29, 1.82) is 0 Å². The third kappa shape index (κ3) is 2.10. The Balaban J connectivity index is 2.02. The summed E-state index contributed by atoms with van der Waals surface area (Å²) in [6, 6.07) is 6.00. The number of nitrogens with one attached hydrogen (secondary N) is 2. The van der Waals surface area contributed by atoms with Gasteiger partial charge in [-0.25, -0.2) is 0 Å². The van der Waals surface area contributed by atoms with Gasteiger partial charge in [0.15, 0.2) is 0 Å². The van der Waals surface area contributed by atoms with Crippen LogP contribution in [-0.4, -0.2) is 29.6 Å². The first-order valence-electron chi connectivity index (χ1n) is 6.17. The zero-order valence-corrected chi connectivity index (χ0v) is 10.6. The second-order valence-electron chi connectivity index (χ2n) is 4.37. The standard InChI is InChI=1S/C13H14N4O2/c1-14-12(18)11-16-13(19-17-11)10-4-2-3-8-7-15-6-5-9(8)10/h2-4,15H,5-7H2,1H3,(H,14,18). The van der Waals surface area contributed by atoms with Crippen LogP contribution in [0.25, 0.3) is 11.5 Å². The molecule has 1 aliphatic rings. The lowest BCUT2D eigenvalue weighted by molar-refractivity contribution is 0.0950. The molecule has 0 fully saturated rings. The highest BCUT2D eigenvalue weighted by atomic mass is 16.5. The number of rotatable bonds is 2. The van der Waals surface area contributed by atoms with Gasteiger partial charge in [0.1, 0.15) is 0 Å². The largest absolute Gasteiger partial charge is 0.352 e. The van der Waals surface area contributed by atoms with Crippen molar-refractivity contribution in [2.24, 2.45) is 0 Å². The summed E-state index contributed by atoms with van der Waals surface area (Å²) >= 11 is 0. The normalized spacial score (nSPS) is 13.9. The summed E-state index contributed by atoms with van der Waals surface area (Å²) in [6.45, 7) is 1.78. The van der Waals surface area contributed by atoms with Crippen molar-refractivity contribution in [1.82, 2.24) is 20.8 Å². The molecule has 0 saturated carbocycles. The number of fused-ring (bicyclic) bond motifs is 1. The van der Waals surface area contributed by atoms with E-state index in [1.165, 1.54) is 18.2 Å². The number of hydrogen-bond donors (Lipinski definition) is 2. The van der Waals surface area contributed by atoms with Crippen molar-refractivity contribution < 1.29 is 9.32 Å². The van der Waals surface area contributed by atoms with E-state index in [2.05, 4.69) is 26.8 Å². The van der Waals surface area contributed by atoms with Gasteiger partial charge in [-0.2, -0.15) is 4.98 Å². The minimum Gasteiger partial charge on any atom is -0.352 e. The average Bonchev–Trinajstić information content (AvgIpc) is 2.95. The molecule has 6 heteroatoms. The molecule has 1 aromatic heterocycles. The second kappa shape index (κ2) is 4.81. The van der Waals surface area contributed by atoms with Gasteiger partial charge in [-0.1, -0.05) is 17.3 Å². The fourth-order valence-corrected chi connectivity index (χ4v) is 2.27. The van der Waals surface area contributed by atoms with E-state index in [0.29, 0.717) is 5.89 Å². The van der Waals surface area contributed by atoms with E-state index in [-0.39, 0.29) is 11.7 Å². The predicted molar refractivity (Wildman–Crippen MR) is 68.5 cm³/mol. The summed E-state index contributed by atoms with van der Waals surface area (Å²) in [7, 11) is 1.54. The summed E-state index contributed by atoms with van der Waals surface area (Å²) in [5.74, 6) is 0.114. The number of amides is 1. The maximum atomic E-state index is 11.4. The Morgan fingerprint density at radius 1 is 1.47 bits per heavy atom. The molecule has 98 valence electrons. The van der Waals surface area contributed by atoms with Gasteiger partial charge >= 0.3 is 0 Å². The molecular weight excluding hydrogens is 244 g/mol. The highest BCUT2D eigenvalue weighted by Crippen LogP contribution is 2.27. The van der Waals surface area contributed by atoms with E-state index < -0.39 is 0 Å². The molecule has 0 saturated heterocycles. The number of benzene rings is 1. The summed E-state index contributed by atoms with van der Waals surface area (Å²) in [6.07, 6.45) is 0.920. The number of nitrogens with zero attached hydrogens (tertiary/aromatic N) is 2. The lowest BCUT2D eigenvalue weighted by Crippen LogP contribution is -2.24. The lowest BCUT2D eigenvalue weighted by Gasteiger charge is -2.18. The van der Waals surface area contributed by atoms with Crippen molar-refractivity contribution in [3.8, 4) is 11.5 Å². The number of carbonyl (C=O) groups excluding carboxylic acids is 1. The minimum absolute atomic E-state index is 0.0593. The fourth-order valence-electron chi connectivity index (χ4n) is 2.27. The molecule has 2 N–H and O–H groups in total. The topological polar surface area (TPSA) is 80.0 Å². The van der Waals surface area contributed by atoms with Crippen molar-refractivity contribution in [3.63, 3.8) is 0 Å². The second-order valence-corrected chi connectivity index (χ2v) is 4.37. The van der Waals surface area contributed by atoms with Crippen LogP contribution in [0.15, 0.2) is 22.7 Å². The van der Waals surface area contributed by atoms with Gasteiger partial charge in [-0.3, -0.25) is 4.79 Å². The van der Waals surface area contributed by atoms with Crippen LogP contribution in [-0.2, 0) is 13.0 Å². The van der Waals surface area contributed by atoms with Gasteiger partial charge in [0.25, 0.3) is 17.6 Å². The van der Waals surface area contributed by atoms with Crippen LogP contribution in [0.2, 0.25) is 0 Å². The van der Waals surface area contributed by atoms with E-state index in [1.807, 2.05) is 12.1 Å². The summed E-state index contributed by atoms with van der Waals surface area (Å²) in [5, 5.41) is 9.49. The third-order valence-electron chi connectivity index (χ3n) is 3.23. The average molecular weight is 258 g/mol. The number of hydrogen-bond acceptors (Lipinski definition) is 5. The molecular formula is C13H14N4O2. The van der Waals surface area contributed by atoms with Gasteiger partial charge in [0.05, 0.1) is 0 Å².